The Morgan fingerprint density at radius 3 is 2.43 bits per heavy atom. The van der Waals surface area contributed by atoms with Crippen LogP contribution in [0.4, 0.5) is 13.2 Å². The van der Waals surface area contributed by atoms with Gasteiger partial charge in [-0.25, -0.2) is 8.42 Å². The molecule has 6 nitrogen and oxygen atoms in total. The molecule has 2 N–H and O–H groups in total. The number of ether oxygens (including phenoxy) is 1. The van der Waals surface area contributed by atoms with Gasteiger partial charge in [0.15, 0.2) is 0 Å². The van der Waals surface area contributed by atoms with Crippen molar-refractivity contribution in [1.82, 2.24) is 4.72 Å². The van der Waals surface area contributed by atoms with E-state index in [1.54, 1.807) is 0 Å². The van der Waals surface area contributed by atoms with Crippen molar-refractivity contribution in [3.05, 3.63) is 24.3 Å². The minimum absolute atomic E-state index is 0.0726. The van der Waals surface area contributed by atoms with Crippen molar-refractivity contribution in [3.8, 4) is 5.75 Å². The first-order chi connectivity index (χ1) is 9.57. The number of para-hydroxylation sites is 1. The van der Waals surface area contributed by atoms with E-state index in [2.05, 4.69) is 4.74 Å². The average Bonchev–Trinajstić information content (AvgIpc) is 2.34. The molecule has 1 rings (SSSR count). The largest absolute Gasteiger partial charge is 0.573 e. The second-order valence-electron chi connectivity index (χ2n) is 3.91. The highest BCUT2D eigenvalue weighted by Crippen LogP contribution is 2.29. The standard InChI is InChI=1S/C11H12F3NO5S/c1-2-7(10(16)17)15-21(18,19)9-6-4-3-5-8(9)20-11(12,13)14/h3-7,15H,2H2,1H3,(H,16,17)/t7-/m0/s1. The van der Waals surface area contributed by atoms with Crippen molar-refractivity contribution in [2.45, 2.75) is 30.6 Å². The van der Waals surface area contributed by atoms with E-state index in [1.807, 2.05) is 4.72 Å². The molecule has 0 bridgehead atoms. The lowest BCUT2D eigenvalue weighted by molar-refractivity contribution is -0.275. The fourth-order valence-corrected chi connectivity index (χ4v) is 2.84. The molecule has 0 aliphatic carbocycles. The lowest BCUT2D eigenvalue weighted by atomic mass is 10.2. The second kappa shape index (κ2) is 6.31. The molecule has 0 saturated carbocycles. The van der Waals surface area contributed by atoms with Gasteiger partial charge in [0.1, 0.15) is 16.7 Å². The number of carboxylic acid groups (broad SMARTS) is 1. The van der Waals surface area contributed by atoms with Gasteiger partial charge in [-0.05, 0) is 18.6 Å². The molecule has 0 radical (unpaired) electrons. The van der Waals surface area contributed by atoms with E-state index in [-0.39, 0.29) is 6.42 Å². The van der Waals surface area contributed by atoms with E-state index >= 15 is 0 Å². The third kappa shape index (κ3) is 4.90. The summed E-state index contributed by atoms with van der Waals surface area (Å²) in [7, 11) is -4.48. The van der Waals surface area contributed by atoms with Crippen molar-refractivity contribution in [1.29, 1.82) is 0 Å². The van der Waals surface area contributed by atoms with E-state index in [9.17, 15) is 26.4 Å². The smallest absolute Gasteiger partial charge is 0.480 e. The summed E-state index contributed by atoms with van der Waals surface area (Å²) < 4.78 is 66.1. The number of carbonyl (C=O) groups is 1. The third-order valence-corrected chi connectivity index (χ3v) is 3.88. The Hall–Kier alpha value is -1.81. The molecule has 0 saturated heterocycles. The summed E-state index contributed by atoms with van der Waals surface area (Å²) in [6, 6.07) is 2.62. The Balaban J connectivity index is 3.17. The molecule has 0 aromatic heterocycles. The van der Waals surface area contributed by atoms with Gasteiger partial charge in [-0.2, -0.15) is 4.72 Å². The molecule has 10 heteroatoms. The Morgan fingerprint density at radius 2 is 1.95 bits per heavy atom. The zero-order valence-electron chi connectivity index (χ0n) is 10.7. The van der Waals surface area contributed by atoms with E-state index in [0.29, 0.717) is 0 Å². The maximum Gasteiger partial charge on any atom is 0.573 e. The van der Waals surface area contributed by atoms with Crippen LogP contribution in [0.2, 0.25) is 0 Å². The SMILES string of the molecule is CC[C@H](NS(=O)(=O)c1ccccc1OC(F)(F)F)C(=O)O. The number of nitrogens with one attached hydrogen (secondary N) is 1. The van der Waals surface area contributed by atoms with Gasteiger partial charge in [-0.15, -0.1) is 13.2 Å². The molecule has 1 aromatic rings. The van der Waals surface area contributed by atoms with Crippen LogP contribution in [0.5, 0.6) is 5.75 Å². The van der Waals surface area contributed by atoms with Crippen molar-refractivity contribution in [3.63, 3.8) is 0 Å². The van der Waals surface area contributed by atoms with Crippen LogP contribution >= 0.6 is 0 Å². The predicted molar refractivity (Wildman–Crippen MR) is 65.2 cm³/mol. The second-order valence-corrected chi connectivity index (χ2v) is 5.60. The van der Waals surface area contributed by atoms with Crippen molar-refractivity contribution < 1.29 is 36.2 Å². The molecule has 0 heterocycles. The van der Waals surface area contributed by atoms with Crippen molar-refractivity contribution in [2.75, 3.05) is 0 Å². The number of hydrogen-bond acceptors (Lipinski definition) is 4. The number of rotatable bonds is 6. The maximum absolute atomic E-state index is 12.2. The van der Waals surface area contributed by atoms with Crippen LogP contribution in [0.25, 0.3) is 0 Å². The summed E-state index contributed by atoms with van der Waals surface area (Å²) in [5, 5.41) is 8.80. The Morgan fingerprint density at radius 1 is 1.38 bits per heavy atom. The van der Waals surface area contributed by atoms with Gasteiger partial charge >= 0.3 is 12.3 Å². The molecule has 0 unspecified atom stereocenters. The summed E-state index contributed by atoms with van der Waals surface area (Å²) in [4.78, 5) is 10.0. The van der Waals surface area contributed by atoms with Crippen LogP contribution in [-0.4, -0.2) is 31.9 Å². The first kappa shape index (κ1) is 17.2. The zero-order valence-corrected chi connectivity index (χ0v) is 11.5. The molecule has 118 valence electrons. The summed E-state index contributed by atoms with van der Waals surface area (Å²) in [6.07, 6.45) is -5.14. The lowest BCUT2D eigenvalue weighted by Gasteiger charge is -2.16. The van der Waals surface area contributed by atoms with Crippen molar-refractivity contribution >= 4 is 16.0 Å². The maximum atomic E-state index is 12.2. The summed E-state index contributed by atoms with van der Waals surface area (Å²) in [6.45, 7) is 1.42. The highest BCUT2D eigenvalue weighted by Gasteiger charge is 2.34. The van der Waals surface area contributed by atoms with Crippen LogP contribution < -0.4 is 9.46 Å². The lowest BCUT2D eigenvalue weighted by Crippen LogP contribution is -2.40. The van der Waals surface area contributed by atoms with Crippen LogP contribution in [0, 0.1) is 0 Å². The van der Waals surface area contributed by atoms with E-state index in [0.717, 1.165) is 18.2 Å². The van der Waals surface area contributed by atoms with Crippen LogP contribution in [0.15, 0.2) is 29.2 Å². The van der Waals surface area contributed by atoms with Gasteiger partial charge < -0.3 is 9.84 Å². The number of alkyl halides is 3. The van der Waals surface area contributed by atoms with Gasteiger partial charge in [0.05, 0.1) is 0 Å². The number of sulfonamides is 1. The highest BCUT2D eigenvalue weighted by molar-refractivity contribution is 7.89. The van der Waals surface area contributed by atoms with Crippen LogP contribution in [0.1, 0.15) is 13.3 Å². The number of halogens is 3. The number of hydrogen-bond donors (Lipinski definition) is 2. The molecule has 1 atom stereocenters. The molecular weight excluding hydrogens is 315 g/mol. The van der Waals surface area contributed by atoms with Gasteiger partial charge in [0.2, 0.25) is 10.0 Å². The van der Waals surface area contributed by atoms with Gasteiger partial charge in [-0.3, -0.25) is 4.79 Å². The molecule has 0 aliphatic heterocycles. The monoisotopic (exact) mass is 327 g/mol. The van der Waals surface area contributed by atoms with Crippen LogP contribution in [-0.2, 0) is 14.8 Å². The predicted octanol–water partition coefficient (Wildman–Crippen LogP) is 1.73. The fourth-order valence-electron chi connectivity index (χ4n) is 1.44. The molecule has 0 aliphatic rings. The number of benzene rings is 1. The van der Waals surface area contributed by atoms with Crippen molar-refractivity contribution in [2.24, 2.45) is 0 Å². The summed E-state index contributed by atoms with van der Waals surface area (Å²) in [5.41, 5.74) is 0. The highest BCUT2D eigenvalue weighted by atomic mass is 32.2. The van der Waals surface area contributed by atoms with E-state index < -0.39 is 39.0 Å². The van der Waals surface area contributed by atoms with Gasteiger partial charge in [-0.1, -0.05) is 19.1 Å². The van der Waals surface area contributed by atoms with Crippen LogP contribution in [0.3, 0.4) is 0 Å². The number of aliphatic carboxylic acids is 1. The molecule has 21 heavy (non-hydrogen) atoms. The summed E-state index contributed by atoms with van der Waals surface area (Å²) in [5.74, 6) is -2.37. The zero-order chi connectivity index (χ0) is 16.3. The Bertz CT molecular complexity index is 615. The first-order valence-electron chi connectivity index (χ1n) is 5.66. The Labute approximate surface area is 118 Å². The Kier molecular flexibility index (Phi) is 5.18. The van der Waals surface area contributed by atoms with E-state index in [1.165, 1.54) is 13.0 Å². The van der Waals surface area contributed by atoms with E-state index in [4.69, 9.17) is 5.11 Å². The topological polar surface area (TPSA) is 92.7 Å². The minimum Gasteiger partial charge on any atom is -0.480 e. The third-order valence-electron chi connectivity index (χ3n) is 2.37. The van der Waals surface area contributed by atoms with Gasteiger partial charge in [0.25, 0.3) is 0 Å². The minimum atomic E-state index is -5.07. The average molecular weight is 327 g/mol. The summed E-state index contributed by atoms with van der Waals surface area (Å²) >= 11 is 0. The quantitative estimate of drug-likeness (QED) is 0.830. The molecular formula is C11H12F3NO5S. The molecule has 0 amide bonds. The first-order valence-corrected chi connectivity index (χ1v) is 7.15. The number of carboxylic acids is 1. The van der Waals surface area contributed by atoms with Gasteiger partial charge in [0, 0.05) is 0 Å². The fraction of sp³-hybridized carbons (Fsp3) is 0.364. The molecule has 0 fully saturated rings. The molecule has 1 aromatic carbocycles. The molecule has 0 spiro atoms. The normalized spacial score (nSPS) is 13.7.